The number of aromatic nitrogens is 1. The maximum Gasteiger partial charge on any atom is 0.230 e. The number of anilines is 1. The second kappa shape index (κ2) is 2.52. The van der Waals surface area contributed by atoms with Gasteiger partial charge in [0.15, 0.2) is 5.82 Å². The number of halogens is 2. The van der Waals surface area contributed by atoms with Gasteiger partial charge in [-0.2, -0.15) is 0 Å². The first-order valence-electron chi connectivity index (χ1n) is 3.31. The van der Waals surface area contributed by atoms with Crippen LogP contribution in [-0.4, -0.2) is 10.9 Å². The Kier molecular flexibility index (Phi) is 1.61. The van der Waals surface area contributed by atoms with E-state index in [-0.39, 0.29) is 12.3 Å². The van der Waals surface area contributed by atoms with E-state index >= 15 is 0 Å². The van der Waals surface area contributed by atoms with E-state index in [4.69, 9.17) is 0 Å². The number of carbonyl (C=O) groups is 1. The van der Waals surface area contributed by atoms with Crippen molar-refractivity contribution in [3.63, 3.8) is 0 Å². The summed E-state index contributed by atoms with van der Waals surface area (Å²) in [5.41, 5.74) is 0.597. The van der Waals surface area contributed by atoms with E-state index in [1.165, 1.54) is 0 Å². The number of fused-ring (bicyclic) bond motifs is 1. The predicted octanol–water partition coefficient (Wildman–Crippen LogP) is 1.48. The first-order valence-corrected chi connectivity index (χ1v) is 4.10. The Morgan fingerprint density at radius 1 is 1.67 bits per heavy atom. The van der Waals surface area contributed by atoms with Gasteiger partial charge in [-0.25, -0.2) is 9.37 Å². The monoisotopic (exact) mass is 230 g/mol. The van der Waals surface area contributed by atoms with Crippen molar-refractivity contribution in [2.24, 2.45) is 0 Å². The maximum absolute atomic E-state index is 12.9. The predicted molar refractivity (Wildman–Crippen MR) is 44.2 cm³/mol. The molecular formula is C7H4BrFN2O. The highest BCUT2D eigenvalue weighted by atomic mass is 79.9. The van der Waals surface area contributed by atoms with Crippen LogP contribution in [0.2, 0.25) is 0 Å². The van der Waals surface area contributed by atoms with Crippen molar-refractivity contribution in [1.82, 2.24) is 4.98 Å². The molecule has 1 aromatic rings. The van der Waals surface area contributed by atoms with Crippen LogP contribution in [0.25, 0.3) is 0 Å². The number of carbonyl (C=O) groups excluding carboxylic acids is 1. The molecule has 3 nitrogen and oxygen atoms in total. The van der Waals surface area contributed by atoms with Gasteiger partial charge in [-0.05, 0) is 15.9 Å². The summed E-state index contributed by atoms with van der Waals surface area (Å²) in [5, 5.41) is 2.52. The van der Waals surface area contributed by atoms with Crippen LogP contribution >= 0.6 is 15.9 Å². The topological polar surface area (TPSA) is 42.0 Å². The third kappa shape index (κ3) is 1.01. The summed E-state index contributed by atoms with van der Waals surface area (Å²) in [7, 11) is 0. The smallest absolute Gasteiger partial charge is 0.230 e. The number of amides is 1. The van der Waals surface area contributed by atoms with Crippen LogP contribution in [0.1, 0.15) is 5.56 Å². The van der Waals surface area contributed by atoms with E-state index in [0.29, 0.717) is 15.9 Å². The van der Waals surface area contributed by atoms with Crippen LogP contribution < -0.4 is 5.32 Å². The van der Waals surface area contributed by atoms with Gasteiger partial charge in [0.25, 0.3) is 0 Å². The second-order valence-corrected chi connectivity index (χ2v) is 3.27. The van der Waals surface area contributed by atoms with E-state index in [9.17, 15) is 9.18 Å². The number of rotatable bonds is 0. The number of hydrogen-bond acceptors (Lipinski definition) is 2. The Balaban J connectivity index is 2.61. The van der Waals surface area contributed by atoms with Crippen molar-refractivity contribution in [3.05, 3.63) is 22.1 Å². The van der Waals surface area contributed by atoms with E-state index in [0.717, 1.165) is 6.20 Å². The third-order valence-corrected chi connectivity index (χ3v) is 2.52. The van der Waals surface area contributed by atoms with Crippen LogP contribution in [0.15, 0.2) is 10.7 Å². The summed E-state index contributed by atoms with van der Waals surface area (Å²) in [4.78, 5) is 14.6. The fraction of sp³-hybridized carbons (Fsp3) is 0.143. The Labute approximate surface area is 76.1 Å². The zero-order chi connectivity index (χ0) is 8.72. The summed E-state index contributed by atoms with van der Waals surface area (Å²) in [6.07, 6.45) is 1.27. The molecule has 0 saturated carbocycles. The lowest BCUT2D eigenvalue weighted by atomic mass is 10.2. The highest BCUT2D eigenvalue weighted by Crippen LogP contribution is 2.29. The third-order valence-electron chi connectivity index (χ3n) is 1.66. The van der Waals surface area contributed by atoms with Gasteiger partial charge in [-0.1, -0.05) is 0 Å². The van der Waals surface area contributed by atoms with Gasteiger partial charge in [0.05, 0.1) is 17.1 Å². The minimum Gasteiger partial charge on any atom is -0.310 e. The van der Waals surface area contributed by atoms with Crippen molar-refractivity contribution >= 4 is 27.7 Å². The van der Waals surface area contributed by atoms with Crippen LogP contribution in [0.4, 0.5) is 10.2 Å². The molecule has 0 saturated heterocycles. The molecule has 0 fully saturated rings. The lowest BCUT2D eigenvalue weighted by Gasteiger charge is -1.99. The van der Waals surface area contributed by atoms with E-state index < -0.39 is 5.82 Å². The maximum atomic E-state index is 12.9. The molecular weight excluding hydrogens is 227 g/mol. The van der Waals surface area contributed by atoms with Crippen molar-refractivity contribution in [3.8, 4) is 0 Å². The van der Waals surface area contributed by atoms with Crippen LogP contribution in [0.3, 0.4) is 0 Å². The van der Waals surface area contributed by atoms with Crippen molar-refractivity contribution in [2.45, 2.75) is 6.42 Å². The van der Waals surface area contributed by atoms with Gasteiger partial charge in [0.2, 0.25) is 5.91 Å². The molecule has 62 valence electrons. The van der Waals surface area contributed by atoms with E-state index in [2.05, 4.69) is 26.2 Å². The van der Waals surface area contributed by atoms with Gasteiger partial charge in [0.1, 0.15) is 5.82 Å². The van der Waals surface area contributed by atoms with Gasteiger partial charge in [-0.3, -0.25) is 4.79 Å². The quantitative estimate of drug-likeness (QED) is 0.734. The van der Waals surface area contributed by atoms with Crippen LogP contribution in [0.5, 0.6) is 0 Å². The molecule has 0 spiro atoms. The summed E-state index contributed by atoms with van der Waals surface area (Å²) >= 11 is 3.05. The molecule has 1 aliphatic rings. The van der Waals surface area contributed by atoms with E-state index in [1.54, 1.807) is 0 Å². The summed E-state index contributed by atoms with van der Waals surface area (Å²) in [5.74, 6) is -0.137. The fourth-order valence-corrected chi connectivity index (χ4v) is 1.54. The van der Waals surface area contributed by atoms with E-state index in [1.807, 2.05) is 0 Å². The fourth-order valence-electron chi connectivity index (χ4n) is 1.11. The number of pyridine rings is 1. The number of nitrogens with zero attached hydrogens (tertiary/aromatic N) is 1. The zero-order valence-electron chi connectivity index (χ0n) is 5.90. The lowest BCUT2D eigenvalue weighted by molar-refractivity contribution is -0.115. The number of nitrogens with one attached hydrogen (secondary N) is 1. The van der Waals surface area contributed by atoms with Gasteiger partial charge >= 0.3 is 0 Å². The molecule has 0 aliphatic carbocycles. The molecule has 0 aromatic carbocycles. The van der Waals surface area contributed by atoms with Gasteiger partial charge in [0, 0.05) is 5.56 Å². The van der Waals surface area contributed by atoms with Gasteiger partial charge < -0.3 is 5.32 Å². The normalized spacial score (nSPS) is 14.3. The Morgan fingerprint density at radius 2 is 2.42 bits per heavy atom. The lowest BCUT2D eigenvalue weighted by Crippen LogP contribution is -2.04. The van der Waals surface area contributed by atoms with Crippen LogP contribution in [-0.2, 0) is 11.2 Å². The molecule has 0 radical (unpaired) electrons. The van der Waals surface area contributed by atoms with Gasteiger partial charge in [-0.15, -0.1) is 0 Å². The van der Waals surface area contributed by atoms with Crippen LogP contribution in [0, 0.1) is 5.82 Å². The molecule has 1 N–H and O–H groups in total. The molecule has 1 aromatic heterocycles. The average molecular weight is 231 g/mol. The Bertz CT molecular complexity index is 367. The molecule has 0 atom stereocenters. The minimum absolute atomic E-state index is 0.149. The first kappa shape index (κ1) is 7.67. The molecule has 0 unspecified atom stereocenters. The zero-order valence-corrected chi connectivity index (χ0v) is 7.48. The molecule has 1 amide bonds. The largest absolute Gasteiger partial charge is 0.310 e. The highest BCUT2D eigenvalue weighted by molar-refractivity contribution is 9.10. The molecule has 0 bridgehead atoms. The standard InChI is InChI=1S/C7H4BrFN2O/c8-6-3-1-5(12)11-7(3)10-2-4(6)9/h2H,1H2,(H,10,11,12). The summed E-state index contributed by atoms with van der Waals surface area (Å²) < 4.78 is 13.2. The second-order valence-electron chi connectivity index (χ2n) is 2.47. The number of hydrogen-bond donors (Lipinski definition) is 1. The SMILES string of the molecule is O=C1Cc2c(ncc(F)c2Br)N1. The Hall–Kier alpha value is -0.970. The first-order chi connectivity index (χ1) is 5.68. The minimum atomic E-state index is -0.440. The molecule has 5 heteroatoms. The molecule has 2 rings (SSSR count). The summed E-state index contributed by atoms with van der Waals surface area (Å²) in [6.45, 7) is 0. The van der Waals surface area contributed by atoms with Crippen molar-refractivity contribution in [1.29, 1.82) is 0 Å². The molecule has 1 aliphatic heterocycles. The molecule has 12 heavy (non-hydrogen) atoms. The van der Waals surface area contributed by atoms with Crippen molar-refractivity contribution < 1.29 is 9.18 Å². The molecule has 2 heterocycles. The summed E-state index contributed by atoms with van der Waals surface area (Å²) in [6, 6.07) is 0. The highest BCUT2D eigenvalue weighted by Gasteiger charge is 2.23. The Morgan fingerprint density at radius 3 is 3.17 bits per heavy atom. The van der Waals surface area contributed by atoms with Crippen molar-refractivity contribution in [2.75, 3.05) is 5.32 Å². The average Bonchev–Trinajstić information content (AvgIpc) is 2.39.